The summed E-state index contributed by atoms with van der Waals surface area (Å²) in [4.78, 5) is 0. The maximum atomic E-state index is 9.73. The molecule has 0 aliphatic carbocycles. The van der Waals surface area contributed by atoms with Gasteiger partial charge in [-0.25, -0.2) is 0 Å². The fourth-order valence-corrected chi connectivity index (χ4v) is 1.10. The van der Waals surface area contributed by atoms with E-state index in [0.717, 1.165) is 5.56 Å². The zero-order valence-corrected chi connectivity index (χ0v) is 10.5. The molecule has 0 aliphatic heterocycles. The first-order valence-corrected chi connectivity index (χ1v) is 4.16. The van der Waals surface area contributed by atoms with E-state index in [1.54, 1.807) is 0 Å². The molecule has 2 nitrogen and oxygen atoms in total. The smallest absolute Gasteiger partial charge is 0.0940 e. The van der Waals surface area contributed by atoms with Crippen molar-refractivity contribution in [2.24, 2.45) is 0 Å². The molecular formula is C10H15NOSm. The molecule has 1 aromatic rings. The molecule has 0 fully saturated rings. The predicted octanol–water partition coefficient (Wildman–Crippen LogP) is 1.33. The summed E-state index contributed by atoms with van der Waals surface area (Å²) in [7, 11) is 1.84. The number of aliphatic hydroxyl groups excluding tert-OH is 1. The van der Waals surface area contributed by atoms with Crippen molar-refractivity contribution in [1.29, 1.82) is 0 Å². The van der Waals surface area contributed by atoms with E-state index in [4.69, 9.17) is 0 Å². The molecule has 0 bridgehead atoms. The van der Waals surface area contributed by atoms with Gasteiger partial charge in [-0.1, -0.05) is 30.3 Å². The minimum absolute atomic E-state index is 0. The van der Waals surface area contributed by atoms with Gasteiger partial charge in [-0.15, -0.1) is 0 Å². The summed E-state index contributed by atoms with van der Waals surface area (Å²) in [6.45, 7) is 1.96. The molecule has 0 amide bonds. The van der Waals surface area contributed by atoms with Gasteiger partial charge in [0.2, 0.25) is 0 Å². The Hall–Kier alpha value is 0.478. The average molecular weight is 316 g/mol. The Morgan fingerprint density at radius 2 is 1.77 bits per heavy atom. The Balaban J connectivity index is 0.00000144. The van der Waals surface area contributed by atoms with Crippen LogP contribution < -0.4 is 5.32 Å². The second-order valence-electron chi connectivity index (χ2n) is 2.93. The zero-order valence-electron chi connectivity index (χ0n) is 7.90. The summed E-state index contributed by atoms with van der Waals surface area (Å²) in [6.07, 6.45) is -0.420. The topological polar surface area (TPSA) is 32.3 Å². The molecule has 3 heteroatoms. The second-order valence-corrected chi connectivity index (χ2v) is 2.93. The second kappa shape index (κ2) is 6.86. The molecule has 1 aromatic carbocycles. The van der Waals surface area contributed by atoms with E-state index in [1.165, 1.54) is 0 Å². The number of hydrogen-bond donors (Lipinski definition) is 2. The number of aliphatic hydroxyl groups is 1. The van der Waals surface area contributed by atoms with E-state index in [1.807, 2.05) is 44.3 Å². The van der Waals surface area contributed by atoms with Crippen LogP contribution in [0.2, 0.25) is 0 Å². The van der Waals surface area contributed by atoms with Crippen molar-refractivity contribution < 1.29 is 45.5 Å². The number of benzene rings is 1. The fraction of sp³-hybridized carbons (Fsp3) is 0.400. The third-order valence-corrected chi connectivity index (χ3v) is 2.07. The molecule has 0 aromatic heterocycles. The Bertz CT molecular complexity index is 228. The molecule has 2 N–H and O–H groups in total. The van der Waals surface area contributed by atoms with Gasteiger partial charge in [0.05, 0.1) is 6.10 Å². The van der Waals surface area contributed by atoms with Crippen LogP contribution in [0.1, 0.15) is 18.6 Å². The van der Waals surface area contributed by atoms with Gasteiger partial charge in [0.25, 0.3) is 0 Å². The van der Waals surface area contributed by atoms with Crippen LogP contribution >= 0.6 is 0 Å². The maximum absolute atomic E-state index is 9.73. The molecular weight excluding hydrogens is 300 g/mol. The summed E-state index contributed by atoms with van der Waals surface area (Å²) >= 11 is 0. The first-order valence-electron chi connectivity index (χ1n) is 4.16. The van der Waals surface area contributed by atoms with Crippen molar-refractivity contribution in [3.8, 4) is 0 Å². The Morgan fingerprint density at radius 3 is 2.23 bits per heavy atom. The van der Waals surface area contributed by atoms with Gasteiger partial charge in [-0.3, -0.25) is 0 Å². The van der Waals surface area contributed by atoms with Crippen LogP contribution in [0.5, 0.6) is 0 Å². The normalized spacial score (nSPS) is 14.4. The van der Waals surface area contributed by atoms with Crippen LogP contribution in [0, 0.1) is 40.4 Å². The minimum Gasteiger partial charge on any atom is -0.387 e. The Labute approximate surface area is 112 Å². The monoisotopic (exact) mass is 317 g/mol. The van der Waals surface area contributed by atoms with E-state index < -0.39 is 6.10 Å². The Kier molecular flexibility index (Phi) is 7.11. The molecule has 2 atom stereocenters. The van der Waals surface area contributed by atoms with Crippen molar-refractivity contribution in [1.82, 2.24) is 5.32 Å². The van der Waals surface area contributed by atoms with Crippen molar-refractivity contribution in [3.63, 3.8) is 0 Å². The summed E-state index contributed by atoms with van der Waals surface area (Å²) in [5, 5.41) is 12.7. The first kappa shape index (κ1) is 13.5. The van der Waals surface area contributed by atoms with Gasteiger partial charge in [-0.2, -0.15) is 0 Å². The summed E-state index contributed by atoms with van der Waals surface area (Å²) < 4.78 is 0. The molecule has 0 spiro atoms. The summed E-state index contributed by atoms with van der Waals surface area (Å²) in [5.41, 5.74) is 0.958. The van der Waals surface area contributed by atoms with Crippen LogP contribution in [-0.2, 0) is 0 Å². The molecule has 72 valence electrons. The number of hydrogen-bond acceptors (Lipinski definition) is 2. The van der Waals surface area contributed by atoms with Gasteiger partial charge < -0.3 is 10.4 Å². The molecule has 0 heterocycles. The molecule has 1 rings (SSSR count). The summed E-state index contributed by atoms with van der Waals surface area (Å²) in [5.74, 6) is 0. The van der Waals surface area contributed by atoms with Crippen LogP contribution in [0.15, 0.2) is 30.3 Å². The van der Waals surface area contributed by atoms with Crippen molar-refractivity contribution in [2.45, 2.75) is 19.1 Å². The molecule has 0 saturated heterocycles. The Morgan fingerprint density at radius 1 is 1.23 bits per heavy atom. The van der Waals surface area contributed by atoms with Gasteiger partial charge in [0.15, 0.2) is 0 Å². The number of nitrogens with one attached hydrogen (secondary N) is 1. The standard InChI is InChI=1S/C10H15NO.Sm/c1-8(11-2)10(12)9-6-4-3-5-7-9;/h3-8,10-12H,1-2H3;/t8-,10-;/m0./s1. The quantitative estimate of drug-likeness (QED) is 0.882. The number of likely N-dealkylation sites (N-methyl/N-ethyl adjacent to an activating group) is 1. The van der Waals surface area contributed by atoms with Crippen molar-refractivity contribution in [3.05, 3.63) is 35.9 Å². The number of rotatable bonds is 3. The summed E-state index contributed by atoms with van der Waals surface area (Å²) in [6, 6.07) is 9.76. The van der Waals surface area contributed by atoms with Crippen LogP contribution in [-0.4, -0.2) is 18.2 Å². The van der Waals surface area contributed by atoms with Crippen molar-refractivity contribution >= 4 is 0 Å². The van der Waals surface area contributed by atoms with Crippen molar-refractivity contribution in [2.75, 3.05) is 7.05 Å². The predicted molar refractivity (Wildman–Crippen MR) is 49.9 cm³/mol. The maximum Gasteiger partial charge on any atom is 0.0940 e. The largest absolute Gasteiger partial charge is 0.387 e. The minimum atomic E-state index is -0.420. The third-order valence-electron chi connectivity index (χ3n) is 2.07. The van der Waals surface area contributed by atoms with Gasteiger partial charge >= 0.3 is 0 Å². The van der Waals surface area contributed by atoms with E-state index in [9.17, 15) is 5.11 Å². The van der Waals surface area contributed by atoms with Crippen LogP contribution in [0.3, 0.4) is 0 Å². The average Bonchev–Trinajstić information content (AvgIpc) is 2.17. The van der Waals surface area contributed by atoms with Crippen LogP contribution in [0.4, 0.5) is 0 Å². The third kappa shape index (κ3) is 4.01. The molecule has 13 heavy (non-hydrogen) atoms. The fourth-order valence-electron chi connectivity index (χ4n) is 1.10. The van der Waals surface area contributed by atoms with E-state index in [2.05, 4.69) is 5.32 Å². The molecule has 0 aliphatic rings. The van der Waals surface area contributed by atoms with Crippen LogP contribution in [0.25, 0.3) is 0 Å². The molecule has 0 saturated carbocycles. The molecule has 0 unspecified atom stereocenters. The van der Waals surface area contributed by atoms with Gasteiger partial charge in [-0.05, 0) is 19.5 Å². The first-order chi connectivity index (χ1) is 5.75. The van der Waals surface area contributed by atoms with Gasteiger partial charge in [0, 0.05) is 46.4 Å². The molecule has 0 radical (unpaired) electrons. The van der Waals surface area contributed by atoms with E-state index in [-0.39, 0.29) is 46.4 Å². The van der Waals surface area contributed by atoms with E-state index >= 15 is 0 Å². The SMILES string of the molecule is CN[C@@H](C)[C@H](O)c1ccccc1.[Sm]. The van der Waals surface area contributed by atoms with Gasteiger partial charge in [0.1, 0.15) is 0 Å². The zero-order chi connectivity index (χ0) is 8.97. The van der Waals surface area contributed by atoms with E-state index in [0.29, 0.717) is 0 Å².